The van der Waals surface area contributed by atoms with E-state index in [0.717, 1.165) is 16.8 Å². The summed E-state index contributed by atoms with van der Waals surface area (Å²) in [4.78, 5) is 13.0. The molecule has 0 saturated carbocycles. The predicted molar refractivity (Wildman–Crippen MR) is 118 cm³/mol. The molecule has 0 radical (unpaired) electrons. The molecular weight excluding hydrogens is 400 g/mol. The van der Waals surface area contributed by atoms with Crippen molar-refractivity contribution in [2.45, 2.75) is 25.9 Å². The summed E-state index contributed by atoms with van der Waals surface area (Å²) in [6.07, 6.45) is 5.39. The quantitative estimate of drug-likeness (QED) is 0.621. The van der Waals surface area contributed by atoms with Gasteiger partial charge in [-0.1, -0.05) is 43.4 Å². The zero-order valence-electron chi connectivity index (χ0n) is 16.3. The highest BCUT2D eigenvalue weighted by molar-refractivity contribution is 7.80. The number of aliphatic hydroxyl groups excluding tert-OH is 1. The highest BCUT2D eigenvalue weighted by atomic mass is 32.1. The third kappa shape index (κ3) is 3.67. The van der Waals surface area contributed by atoms with Crippen LogP contribution in [-0.4, -0.2) is 32.3 Å². The first-order valence-corrected chi connectivity index (χ1v) is 10.0. The summed E-state index contributed by atoms with van der Waals surface area (Å²) >= 11 is 5.32. The van der Waals surface area contributed by atoms with Crippen molar-refractivity contribution in [2.75, 3.05) is 0 Å². The van der Waals surface area contributed by atoms with Crippen molar-refractivity contribution in [2.24, 2.45) is 0 Å². The van der Waals surface area contributed by atoms with Crippen LogP contribution in [0.4, 0.5) is 0 Å². The van der Waals surface area contributed by atoms with Gasteiger partial charge in [0.25, 0.3) is 0 Å². The number of hydrogen-bond donors (Lipinski definition) is 3. The van der Waals surface area contributed by atoms with Crippen molar-refractivity contribution >= 4 is 28.6 Å². The fourth-order valence-electron chi connectivity index (χ4n) is 3.68. The molecule has 0 aromatic heterocycles. The first kappa shape index (κ1) is 20.1. The molecule has 1 aliphatic carbocycles. The Morgan fingerprint density at radius 1 is 1.17 bits per heavy atom. The van der Waals surface area contributed by atoms with E-state index in [1.165, 1.54) is 12.1 Å². The van der Waals surface area contributed by atoms with Gasteiger partial charge in [-0.3, -0.25) is 0 Å². The second kappa shape index (κ2) is 7.89. The maximum atomic E-state index is 12.2. The Hall–Kier alpha value is -3.22. The van der Waals surface area contributed by atoms with Crippen molar-refractivity contribution in [3.63, 3.8) is 0 Å². The van der Waals surface area contributed by atoms with Crippen LogP contribution in [0.15, 0.2) is 66.0 Å². The van der Waals surface area contributed by atoms with Crippen molar-refractivity contribution in [1.29, 1.82) is 0 Å². The number of hydrogen-bond acceptors (Lipinski definition) is 5. The molecule has 5 nitrogen and oxygen atoms in total. The lowest BCUT2D eigenvalue weighted by molar-refractivity contribution is 0.0696. The van der Waals surface area contributed by atoms with Crippen LogP contribution in [0.2, 0.25) is 0 Å². The first-order chi connectivity index (χ1) is 14.4. The largest absolute Gasteiger partial charge is 0.508 e. The van der Waals surface area contributed by atoms with E-state index < -0.39 is 12.1 Å². The number of ether oxygens (including phenoxy) is 1. The maximum Gasteiger partial charge on any atom is 0.336 e. The second-order valence-electron chi connectivity index (χ2n) is 7.21. The average molecular weight is 420 g/mol. The number of carboxylic acid groups (broad SMARTS) is 1. The normalized spacial score (nSPS) is 17.0. The number of allylic oxidation sites excluding steroid dienone is 1. The third-order valence-electron chi connectivity index (χ3n) is 5.15. The Kier molecular flexibility index (Phi) is 5.28. The minimum absolute atomic E-state index is 0.0333. The lowest BCUT2D eigenvalue weighted by Gasteiger charge is -2.28. The van der Waals surface area contributed by atoms with E-state index in [2.05, 4.69) is 0 Å². The number of aromatic carboxylic acids is 1. The van der Waals surface area contributed by atoms with E-state index in [1.54, 1.807) is 36.4 Å². The molecule has 2 aliphatic rings. The molecule has 2 aromatic carbocycles. The summed E-state index contributed by atoms with van der Waals surface area (Å²) in [5.41, 5.74) is 3.56. The molecule has 3 N–H and O–H groups in total. The Bertz CT molecular complexity index is 1160. The van der Waals surface area contributed by atoms with Crippen LogP contribution in [0.5, 0.6) is 11.5 Å². The number of rotatable bonds is 5. The number of carboxylic acids is 1. The molecule has 0 spiro atoms. The molecule has 0 bridgehead atoms. The summed E-state index contributed by atoms with van der Waals surface area (Å²) in [7, 11) is 0. The molecule has 2 aromatic rings. The Morgan fingerprint density at radius 3 is 2.67 bits per heavy atom. The third-order valence-corrected chi connectivity index (χ3v) is 5.58. The fourth-order valence-corrected chi connectivity index (χ4v) is 3.84. The van der Waals surface area contributed by atoms with Gasteiger partial charge in [0.15, 0.2) is 0 Å². The van der Waals surface area contributed by atoms with Gasteiger partial charge < -0.3 is 20.1 Å². The van der Waals surface area contributed by atoms with Gasteiger partial charge in [-0.05, 0) is 46.7 Å². The Labute approximate surface area is 179 Å². The summed E-state index contributed by atoms with van der Waals surface area (Å²) < 4.78 is 5.90. The van der Waals surface area contributed by atoms with Gasteiger partial charge in [-0.15, -0.1) is 0 Å². The van der Waals surface area contributed by atoms with Crippen LogP contribution in [0.25, 0.3) is 5.57 Å². The van der Waals surface area contributed by atoms with Gasteiger partial charge in [0.1, 0.15) is 17.3 Å². The monoisotopic (exact) mass is 420 g/mol. The van der Waals surface area contributed by atoms with Gasteiger partial charge in [-0.2, -0.15) is 0 Å². The molecule has 0 saturated heterocycles. The number of phenols is 1. The summed E-state index contributed by atoms with van der Waals surface area (Å²) in [6.45, 7) is 1.98. The van der Waals surface area contributed by atoms with Crippen LogP contribution < -0.4 is 4.74 Å². The summed E-state index contributed by atoms with van der Waals surface area (Å²) in [5.74, 6) is -0.189. The molecule has 4 rings (SSSR count). The number of fused-ring (bicyclic) bond motifs is 2. The zero-order chi connectivity index (χ0) is 21.4. The van der Waals surface area contributed by atoms with Crippen LogP contribution in [0, 0.1) is 0 Å². The zero-order valence-corrected chi connectivity index (χ0v) is 17.1. The van der Waals surface area contributed by atoms with Crippen molar-refractivity contribution in [1.82, 2.24) is 0 Å². The van der Waals surface area contributed by atoms with E-state index in [0.29, 0.717) is 40.2 Å². The SMILES string of the molecule is CCC(=S)Cc1ccc(C2=C3C=CC(O)C=C3Oc3cc(O)ccc32)c(C(=O)O)c1. The van der Waals surface area contributed by atoms with Gasteiger partial charge in [0.2, 0.25) is 0 Å². The van der Waals surface area contributed by atoms with Crippen LogP contribution in [-0.2, 0) is 6.42 Å². The standard InChI is InChI=1S/C24H20O5S/c1-2-16(30)9-13-3-6-17(20(10-13)24(27)28)23-18-7-4-14(25)11-21(18)29-22-12-15(26)5-8-19(22)23/h3-8,10-12,14,25-26H,2,9H2,1H3,(H,27,28). The number of benzene rings is 2. The van der Waals surface area contributed by atoms with E-state index in [-0.39, 0.29) is 11.3 Å². The van der Waals surface area contributed by atoms with Crippen LogP contribution in [0.3, 0.4) is 0 Å². The number of aliphatic hydroxyl groups is 1. The minimum Gasteiger partial charge on any atom is -0.508 e. The van der Waals surface area contributed by atoms with Gasteiger partial charge in [0, 0.05) is 29.2 Å². The molecule has 1 atom stereocenters. The Balaban J connectivity index is 1.95. The number of thiocarbonyl (C=S) groups is 1. The topological polar surface area (TPSA) is 87.0 Å². The van der Waals surface area contributed by atoms with Gasteiger partial charge in [0.05, 0.1) is 11.7 Å². The van der Waals surface area contributed by atoms with Crippen molar-refractivity contribution in [3.05, 3.63) is 88.2 Å². The second-order valence-corrected chi connectivity index (χ2v) is 7.78. The molecular formula is C24H20O5S. The molecule has 0 fully saturated rings. The minimum atomic E-state index is -1.04. The molecule has 6 heteroatoms. The number of carbonyl (C=O) groups is 1. The van der Waals surface area contributed by atoms with Crippen LogP contribution in [0.1, 0.15) is 40.4 Å². The fraction of sp³-hybridized carbons (Fsp3) is 0.167. The molecule has 1 aliphatic heterocycles. The van der Waals surface area contributed by atoms with E-state index >= 15 is 0 Å². The lowest BCUT2D eigenvalue weighted by atomic mass is 9.84. The molecule has 1 unspecified atom stereocenters. The molecule has 152 valence electrons. The van der Waals surface area contributed by atoms with E-state index in [4.69, 9.17) is 17.0 Å². The molecule has 30 heavy (non-hydrogen) atoms. The van der Waals surface area contributed by atoms with Gasteiger partial charge in [-0.25, -0.2) is 4.79 Å². The summed E-state index contributed by atoms with van der Waals surface area (Å²) in [5, 5.41) is 29.8. The molecule has 1 heterocycles. The lowest BCUT2D eigenvalue weighted by Crippen LogP contribution is -2.17. The highest BCUT2D eigenvalue weighted by Gasteiger charge is 2.29. The summed E-state index contributed by atoms with van der Waals surface area (Å²) in [6, 6.07) is 10.1. The highest BCUT2D eigenvalue weighted by Crippen LogP contribution is 2.45. The average Bonchev–Trinajstić information content (AvgIpc) is 2.71. The van der Waals surface area contributed by atoms with Crippen molar-refractivity contribution < 1.29 is 24.9 Å². The van der Waals surface area contributed by atoms with E-state index in [1.807, 2.05) is 13.0 Å². The molecule has 0 amide bonds. The number of aromatic hydroxyl groups is 1. The Morgan fingerprint density at radius 2 is 1.93 bits per heavy atom. The number of phenolic OH excluding ortho intramolecular Hbond substituents is 1. The van der Waals surface area contributed by atoms with Gasteiger partial charge >= 0.3 is 5.97 Å². The van der Waals surface area contributed by atoms with Crippen molar-refractivity contribution in [3.8, 4) is 11.5 Å². The maximum absolute atomic E-state index is 12.2. The first-order valence-electron chi connectivity index (χ1n) is 9.59. The van der Waals surface area contributed by atoms with Crippen LogP contribution >= 0.6 is 12.2 Å². The predicted octanol–water partition coefficient (Wildman–Crippen LogP) is 4.42. The smallest absolute Gasteiger partial charge is 0.336 e. The van der Waals surface area contributed by atoms with E-state index in [9.17, 15) is 20.1 Å².